The first kappa shape index (κ1) is 12.8. The lowest BCUT2D eigenvalue weighted by atomic mass is 10.1. The predicted molar refractivity (Wildman–Crippen MR) is 68.2 cm³/mol. The first-order valence-electron chi connectivity index (χ1n) is 6.17. The summed E-state index contributed by atoms with van der Waals surface area (Å²) in [6.07, 6.45) is 1.58. The van der Waals surface area contributed by atoms with Gasteiger partial charge in [-0.2, -0.15) is 5.10 Å². The second-order valence-corrected chi connectivity index (χ2v) is 4.15. The molecule has 0 amide bonds. The average Bonchev–Trinajstić information content (AvgIpc) is 2.81. The molecule has 0 saturated heterocycles. The molecule has 0 aliphatic heterocycles. The highest BCUT2D eigenvalue weighted by atomic mass is 19.1. The molecule has 0 fully saturated rings. The quantitative estimate of drug-likeness (QED) is 0.903. The van der Waals surface area contributed by atoms with E-state index in [0.29, 0.717) is 11.3 Å². The van der Waals surface area contributed by atoms with Gasteiger partial charge in [0, 0.05) is 11.3 Å². The molecule has 1 aromatic carbocycles. The Hall–Kier alpha value is -1.68. The third-order valence-corrected chi connectivity index (χ3v) is 3.01. The van der Waals surface area contributed by atoms with E-state index in [4.69, 9.17) is 0 Å². The van der Waals surface area contributed by atoms with E-state index in [-0.39, 0.29) is 12.4 Å². The van der Waals surface area contributed by atoms with E-state index in [1.807, 2.05) is 19.9 Å². The number of aromatic nitrogens is 2. The van der Waals surface area contributed by atoms with Gasteiger partial charge in [-0.3, -0.25) is 0 Å². The van der Waals surface area contributed by atoms with Gasteiger partial charge in [-0.25, -0.2) is 9.07 Å². The van der Waals surface area contributed by atoms with Crippen molar-refractivity contribution >= 4 is 0 Å². The Labute approximate surface area is 106 Å². The summed E-state index contributed by atoms with van der Waals surface area (Å²) in [7, 11) is 0. The summed E-state index contributed by atoms with van der Waals surface area (Å²) < 4.78 is 15.6. The zero-order valence-electron chi connectivity index (χ0n) is 10.7. The van der Waals surface area contributed by atoms with Crippen LogP contribution in [0.3, 0.4) is 0 Å². The van der Waals surface area contributed by atoms with Gasteiger partial charge in [-0.15, -0.1) is 0 Å². The number of para-hydroxylation sites is 1. The van der Waals surface area contributed by atoms with Crippen molar-refractivity contribution in [1.82, 2.24) is 9.78 Å². The minimum atomic E-state index is -0.359. The van der Waals surface area contributed by atoms with E-state index in [0.717, 1.165) is 24.2 Å². The van der Waals surface area contributed by atoms with Crippen molar-refractivity contribution in [3.63, 3.8) is 0 Å². The van der Waals surface area contributed by atoms with Gasteiger partial charge in [0.15, 0.2) is 0 Å². The maximum Gasteiger partial charge on any atom is 0.149 e. The highest BCUT2D eigenvalue weighted by Crippen LogP contribution is 2.21. The highest BCUT2D eigenvalue weighted by molar-refractivity contribution is 5.43. The number of halogens is 1. The van der Waals surface area contributed by atoms with Gasteiger partial charge in [0.25, 0.3) is 0 Å². The van der Waals surface area contributed by atoms with Gasteiger partial charge in [0.1, 0.15) is 11.5 Å². The minimum absolute atomic E-state index is 0.197. The van der Waals surface area contributed by atoms with Gasteiger partial charge < -0.3 is 5.11 Å². The van der Waals surface area contributed by atoms with E-state index in [9.17, 15) is 9.50 Å². The van der Waals surface area contributed by atoms with Crippen molar-refractivity contribution in [1.29, 1.82) is 0 Å². The van der Waals surface area contributed by atoms with E-state index >= 15 is 0 Å². The normalized spacial score (nSPS) is 10.9. The van der Waals surface area contributed by atoms with Crippen LogP contribution in [0.2, 0.25) is 0 Å². The third kappa shape index (κ3) is 2.16. The predicted octanol–water partition coefficient (Wildman–Crippen LogP) is 2.63. The van der Waals surface area contributed by atoms with E-state index in [1.54, 1.807) is 16.8 Å². The number of aryl methyl sites for hydroxylation is 2. The number of aliphatic hydroxyl groups excluding tert-OH is 1. The highest BCUT2D eigenvalue weighted by Gasteiger charge is 2.14. The molecule has 1 heterocycles. The number of hydrogen-bond donors (Lipinski definition) is 1. The molecule has 3 nitrogen and oxygen atoms in total. The molecule has 0 unspecified atom stereocenters. The molecular weight excluding hydrogens is 231 g/mol. The van der Waals surface area contributed by atoms with Crippen LogP contribution in [0, 0.1) is 5.82 Å². The van der Waals surface area contributed by atoms with E-state index in [2.05, 4.69) is 5.10 Å². The monoisotopic (exact) mass is 248 g/mol. The molecule has 2 rings (SSSR count). The fourth-order valence-corrected chi connectivity index (χ4v) is 2.02. The van der Waals surface area contributed by atoms with Crippen LogP contribution >= 0.6 is 0 Å². The molecule has 0 saturated carbocycles. The number of rotatable bonds is 4. The number of hydrogen-bond acceptors (Lipinski definition) is 2. The van der Waals surface area contributed by atoms with Crippen LogP contribution in [0.4, 0.5) is 4.39 Å². The average molecular weight is 248 g/mol. The van der Waals surface area contributed by atoms with Crippen molar-refractivity contribution < 1.29 is 9.50 Å². The molecule has 96 valence electrons. The summed E-state index contributed by atoms with van der Waals surface area (Å²) in [6, 6.07) is 6.68. The Kier molecular flexibility index (Phi) is 3.77. The Morgan fingerprint density at radius 2 is 2.06 bits per heavy atom. The van der Waals surface area contributed by atoms with Crippen molar-refractivity contribution in [2.75, 3.05) is 0 Å². The summed E-state index contributed by atoms with van der Waals surface area (Å²) in [5, 5.41) is 13.7. The fourth-order valence-electron chi connectivity index (χ4n) is 2.02. The van der Waals surface area contributed by atoms with Crippen LogP contribution in [0.5, 0.6) is 0 Å². The summed E-state index contributed by atoms with van der Waals surface area (Å²) in [4.78, 5) is 0. The van der Waals surface area contributed by atoms with Gasteiger partial charge >= 0.3 is 0 Å². The van der Waals surface area contributed by atoms with Gasteiger partial charge in [-0.05, 0) is 25.0 Å². The Morgan fingerprint density at radius 3 is 2.67 bits per heavy atom. The summed E-state index contributed by atoms with van der Waals surface area (Å²) in [5.74, 6) is -0.359. The van der Waals surface area contributed by atoms with Crippen molar-refractivity contribution in [2.24, 2.45) is 0 Å². The van der Waals surface area contributed by atoms with Gasteiger partial charge in [0.2, 0.25) is 0 Å². The second-order valence-electron chi connectivity index (χ2n) is 4.15. The minimum Gasteiger partial charge on any atom is -0.392 e. The largest absolute Gasteiger partial charge is 0.392 e. The molecule has 0 bridgehead atoms. The second kappa shape index (κ2) is 5.31. The van der Waals surface area contributed by atoms with Crippen LogP contribution in [-0.2, 0) is 19.4 Å². The van der Waals surface area contributed by atoms with Crippen molar-refractivity contribution in [3.8, 4) is 5.69 Å². The van der Waals surface area contributed by atoms with Crippen LogP contribution in [-0.4, -0.2) is 14.9 Å². The summed E-state index contributed by atoms with van der Waals surface area (Å²) in [5.41, 5.74) is 2.79. The SMILES string of the molecule is CCc1cc(CC)n(-c2c(F)cccc2CO)n1. The Morgan fingerprint density at radius 1 is 1.28 bits per heavy atom. The molecule has 2 aromatic rings. The van der Waals surface area contributed by atoms with Crippen LogP contribution in [0.15, 0.2) is 24.3 Å². The number of nitrogens with zero attached hydrogens (tertiary/aromatic N) is 2. The van der Waals surface area contributed by atoms with Crippen LogP contribution in [0.1, 0.15) is 30.8 Å². The fraction of sp³-hybridized carbons (Fsp3) is 0.357. The van der Waals surface area contributed by atoms with E-state index < -0.39 is 0 Å². The molecule has 0 radical (unpaired) electrons. The standard InChI is InChI=1S/C14H17FN2O/c1-3-11-8-12(4-2)17(16-11)14-10(9-18)6-5-7-13(14)15/h5-8,18H,3-4,9H2,1-2H3. The number of benzene rings is 1. The lowest BCUT2D eigenvalue weighted by Gasteiger charge is -2.11. The zero-order chi connectivity index (χ0) is 13.1. The molecule has 0 aliphatic carbocycles. The molecule has 1 aromatic heterocycles. The van der Waals surface area contributed by atoms with Crippen molar-refractivity contribution in [3.05, 3.63) is 47.0 Å². The van der Waals surface area contributed by atoms with Crippen LogP contribution < -0.4 is 0 Å². The lowest BCUT2D eigenvalue weighted by molar-refractivity contribution is 0.280. The lowest BCUT2D eigenvalue weighted by Crippen LogP contribution is -2.08. The number of aliphatic hydroxyl groups is 1. The first-order valence-corrected chi connectivity index (χ1v) is 6.17. The summed E-state index contributed by atoms with van der Waals surface area (Å²) in [6.45, 7) is 3.82. The topological polar surface area (TPSA) is 38.0 Å². The van der Waals surface area contributed by atoms with Crippen molar-refractivity contribution in [2.45, 2.75) is 33.3 Å². The first-order chi connectivity index (χ1) is 8.71. The molecular formula is C14H17FN2O. The molecule has 1 N–H and O–H groups in total. The van der Waals surface area contributed by atoms with Crippen LogP contribution in [0.25, 0.3) is 5.69 Å². The Balaban J connectivity index is 2.64. The maximum absolute atomic E-state index is 14.0. The molecule has 0 aliphatic rings. The van der Waals surface area contributed by atoms with Gasteiger partial charge in [-0.1, -0.05) is 26.0 Å². The molecule has 0 spiro atoms. The molecule has 4 heteroatoms. The molecule has 0 atom stereocenters. The molecule has 18 heavy (non-hydrogen) atoms. The van der Waals surface area contributed by atoms with E-state index in [1.165, 1.54) is 6.07 Å². The Bertz CT molecular complexity index is 549. The zero-order valence-corrected chi connectivity index (χ0v) is 10.7. The van der Waals surface area contributed by atoms with Gasteiger partial charge in [0.05, 0.1) is 12.3 Å². The smallest absolute Gasteiger partial charge is 0.149 e. The maximum atomic E-state index is 14.0. The summed E-state index contributed by atoms with van der Waals surface area (Å²) >= 11 is 0. The third-order valence-electron chi connectivity index (χ3n) is 3.01.